The molecule has 0 fully saturated rings. The first kappa shape index (κ1) is 20.1. The third kappa shape index (κ3) is 4.45. The van der Waals surface area contributed by atoms with Gasteiger partial charge < -0.3 is 0 Å². The predicted molar refractivity (Wildman–Crippen MR) is 126 cm³/mol. The first-order valence-corrected chi connectivity index (χ1v) is 14.9. The summed E-state index contributed by atoms with van der Waals surface area (Å²) >= 11 is 6.71. The molecule has 27 heavy (non-hydrogen) atoms. The molecule has 0 nitrogen and oxygen atoms in total. The molecule has 3 aromatic rings. The fraction of sp³-hybridized carbons (Fsp3) is 0.250. The summed E-state index contributed by atoms with van der Waals surface area (Å²) in [6.45, 7) is 13.9. The van der Waals surface area contributed by atoms with Crippen LogP contribution in [-0.4, -0.2) is 16.9 Å². The van der Waals surface area contributed by atoms with Gasteiger partial charge in [-0.05, 0) is 37.2 Å². The minimum absolute atomic E-state index is 0.877. The van der Waals surface area contributed by atoms with Crippen molar-refractivity contribution in [1.29, 1.82) is 0 Å². The Morgan fingerprint density at radius 3 is 2.07 bits per heavy atom. The summed E-state index contributed by atoms with van der Waals surface area (Å²) in [5, 5.41) is 6.56. The molecule has 0 aliphatic rings. The highest BCUT2D eigenvalue weighted by Crippen LogP contribution is 2.11. The zero-order valence-corrected chi connectivity index (χ0v) is 19.9. The van der Waals surface area contributed by atoms with Crippen LogP contribution in [0.3, 0.4) is 0 Å². The minimum Gasteiger partial charge on any atom is -0.0845 e. The molecule has 3 heteroatoms. The van der Waals surface area contributed by atoms with Crippen LogP contribution in [0.5, 0.6) is 0 Å². The lowest BCUT2D eigenvalue weighted by Crippen LogP contribution is -2.55. The molecule has 0 saturated carbocycles. The van der Waals surface area contributed by atoms with Gasteiger partial charge in [-0.25, -0.2) is 0 Å². The van der Waals surface area contributed by atoms with E-state index in [1.165, 1.54) is 37.4 Å². The molecule has 3 rings (SSSR count). The highest BCUT2D eigenvalue weighted by molar-refractivity contribution is 6.97. The van der Waals surface area contributed by atoms with Crippen LogP contribution < -0.4 is 20.7 Å². The molecule has 0 atom stereocenters. The van der Waals surface area contributed by atoms with E-state index in [4.69, 9.17) is 11.6 Å². The van der Waals surface area contributed by atoms with Crippen LogP contribution in [0, 0.1) is 20.8 Å². The lowest BCUT2D eigenvalue weighted by molar-refractivity contribution is 1.41. The van der Waals surface area contributed by atoms with E-state index in [2.05, 4.69) is 88.9 Å². The summed E-state index contributed by atoms with van der Waals surface area (Å²) < 4.78 is 0. The Labute approximate surface area is 171 Å². The number of aryl methyl sites for hydroxylation is 3. The van der Waals surface area contributed by atoms with Gasteiger partial charge >= 0.3 is 0 Å². The van der Waals surface area contributed by atoms with Crippen LogP contribution in [-0.2, 0) is 0 Å². The molecular weight excluding hydrogens is 380 g/mol. The van der Waals surface area contributed by atoms with Gasteiger partial charge in [-0.1, -0.05) is 113 Å². The Morgan fingerprint density at radius 1 is 0.741 bits per heavy atom. The van der Waals surface area contributed by atoms with Crippen molar-refractivity contribution in [3.8, 4) is 0 Å². The number of halogens is 1. The molecule has 139 valence electrons. The van der Waals surface area contributed by atoms with E-state index in [-0.39, 0.29) is 0 Å². The molecule has 0 bridgehead atoms. The second-order valence-corrected chi connectivity index (χ2v) is 16.4. The van der Waals surface area contributed by atoms with Crippen LogP contribution >= 0.6 is 11.6 Å². The first-order valence-electron chi connectivity index (χ1n) is 9.49. The monoisotopic (exact) mass is 407 g/mol. The molecule has 0 unspecified atom stereocenters. The van der Waals surface area contributed by atoms with Crippen molar-refractivity contribution < 1.29 is 0 Å². The van der Waals surface area contributed by atoms with Crippen LogP contribution in [0.1, 0.15) is 16.7 Å². The van der Waals surface area contributed by atoms with Crippen LogP contribution in [0.25, 0.3) is 0 Å². The largest absolute Gasteiger partial charge is 0.156 e. The van der Waals surface area contributed by atoms with Gasteiger partial charge in [0.15, 0.2) is 8.80 Å². The smallest absolute Gasteiger partial charge is 0.0845 e. The van der Waals surface area contributed by atoms with Crippen molar-refractivity contribution in [2.24, 2.45) is 0 Å². The highest BCUT2D eigenvalue weighted by atomic mass is 35.5. The van der Waals surface area contributed by atoms with E-state index in [0.29, 0.717) is 0 Å². The van der Waals surface area contributed by atoms with Crippen molar-refractivity contribution in [2.45, 2.75) is 40.4 Å². The van der Waals surface area contributed by atoms with Gasteiger partial charge in [0, 0.05) is 5.02 Å². The van der Waals surface area contributed by atoms with E-state index in [0.717, 1.165) is 5.02 Å². The average molecular weight is 408 g/mol. The van der Waals surface area contributed by atoms with Crippen molar-refractivity contribution >= 4 is 49.2 Å². The van der Waals surface area contributed by atoms with Crippen LogP contribution in [0.15, 0.2) is 60.7 Å². The topological polar surface area (TPSA) is 0 Å². The fourth-order valence-electron chi connectivity index (χ4n) is 3.57. The van der Waals surface area contributed by atoms with Crippen molar-refractivity contribution in [3.05, 3.63) is 82.4 Å². The quantitative estimate of drug-likeness (QED) is 0.446. The van der Waals surface area contributed by atoms with Crippen LogP contribution in [0.2, 0.25) is 24.7 Å². The molecule has 0 aliphatic heterocycles. The molecule has 0 N–H and O–H groups in total. The Balaban J connectivity index is 2.29. The van der Waals surface area contributed by atoms with Gasteiger partial charge in [0.2, 0.25) is 0 Å². The summed E-state index contributed by atoms with van der Waals surface area (Å²) in [5.41, 5.74) is 4.02. The Hall–Kier alpha value is -1.62. The summed E-state index contributed by atoms with van der Waals surface area (Å²) in [4.78, 5) is 0. The number of rotatable bonds is 4. The molecular formula is C24H28ClSi2. The van der Waals surface area contributed by atoms with Gasteiger partial charge in [-0.15, -0.1) is 0 Å². The van der Waals surface area contributed by atoms with Gasteiger partial charge in [0.05, 0.1) is 8.07 Å². The van der Waals surface area contributed by atoms with E-state index >= 15 is 0 Å². The second kappa shape index (κ2) is 7.79. The number of hydrogen-bond donors (Lipinski definition) is 0. The maximum Gasteiger partial charge on any atom is 0.156 e. The first-order chi connectivity index (χ1) is 12.7. The van der Waals surface area contributed by atoms with Crippen molar-refractivity contribution in [3.63, 3.8) is 0 Å². The molecule has 0 aliphatic carbocycles. The van der Waals surface area contributed by atoms with Crippen molar-refractivity contribution in [2.75, 3.05) is 0 Å². The summed E-state index contributed by atoms with van der Waals surface area (Å²) in [5.74, 6) is 0. The van der Waals surface area contributed by atoms with Gasteiger partial charge in [0.25, 0.3) is 0 Å². The number of hydrogen-bond acceptors (Lipinski definition) is 0. The highest BCUT2D eigenvalue weighted by Gasteiger charge is 2.26. The van der Waals surface area contributed by atoms with E-state index in [1.54, 1.807) is 0 Å². The molecule has 0 spiro atoms. The lowest BCUT2D eigenvalue weighted by atomic mass is 10.2. The van der Waals surface area contributed by atoms with Gasteiger partial charge in [-0.3, -0.25) is 0 Å². The Morgan fingerprint density at radius 2 is 1.44 bits per heavy atom. The van der Waals surface area contributed by atoms with Crippen LogP contribution in [0.4, 0.5) is 0 Å². The zero-order chi connectivity index (χ0) is 19.8. The summed E-state index contributed by atoms with van der Waals surface area (Å²) in [7, 11) is -2.56. The minimum atomic E-state index is -1.40. The molecule has 0 aromatic heterocycles. The Kier molecular flexibility index (Phi) is 5.80. The van der Waals surface area contributed by atoms with Gasteiger partial charge in [0.1, 0.15) is 0 Å². The third-order valence-corrected chi connectivity index (χ3v) is 10.5. The molecule has 3 aromatic carbocycles. The summed E-state index contributed by atoms with van der Waals surface area (Å²) in [6.07, 6.45) is 0. The van der Waals surface area contributed by atoms with Crippen molar-refractivity contribution in [1.82, 2.24) is 0 Å². The van der Waals surface area contributed by atoms with E-state index in [1.807, 2.05) is 12.1 Å². The molecule has 0 saturated heterocycles. The molecule has 0 heterocycles. The van der Waals surface area contributed by atoms with E-state index in [9.17, 15) is 0 Å². The second-order valence-electron chi connectivity index (χ2n) is 8.51. The maximum atomic E-state index is 6.71. The maximum absolute atomic E-state index is 6.71. The summed E-state index contributed by atoms with van der Waals surface area (Å²) in [6, 6.07) is 22.5. The Bertz CT molecular complexity index is 970. The lowest BCUT2D eigenvalue weighted by Gasteiger charge is -2.24. The third-order valence-electron chi connectivity index (χ3n) is 5.03. The average Bonchev–Trinajstić information content (AvgIpc) is 2.57. The SMILES string of the molecule is Cc1cc([Si](c2ccc(C)cc2C)c2ccccc2Cl)cc([Si](C)(C)C)c1. The number of benzene rings is 3. The molecule has 0 amide bonds. The van der Waals surface area contributed by atoms with E-state index < -0.39 is 16.9 Å². The molecule has 1 radical (unpaired) electrons. The zero-order valence-electron chi connectivity index (χ0n) is 17.2. The van der Waals surface area contributed by atoms with Gasteiger partial charge in [-0.2, -0.15) is 0 Å². The normalized spacial score (nSPS) is 11.9. The predicted octanol–water partition coefficient (Wildman–Crippen LogP) is 4.33. The standard InChI is InChI=1S/C24H28ClSi2/c1-17-11-12-23(19(3)13-17)26(24-10-8-7-9-22(24)25)20-14-18(2)15-21(16-20)27(4,5)6/h7-16H,1-6H3. The fourth-order valence-corrected chi connectivity index (χ4v) is 8.27.